The lowest BCUT2D eigenvalue weighted by atomic mass is 10.2. The van der Waals surface area contributed by atoms with Gasteiger partial charge in [-0.05, 0) is 31.0 Å². The highest BCUT2D eigenvalue weighted by Crippen LogP contribution is 2.01. The van der Waals surface area contributed by atoms with Gasteiger partial charge in [0.1, 0.15) is 5.82 Å². The molecule has 0 bridgehead atoms. The van der Waals surface area contributed by atoms with E-state index in [1.165, 1.54) is 12.1 Å². The van der Waals surface area contributed by atoms with Crippen molar-refractivity contribution in [2.24, 2.45) is 4.99 Å². The maximum Gasteiger partial charge on any atom is 0.211 e. The second-order valence-corrected chi connectivity index (χ2v) is 6.73. The van der Waals surface area contributed by atoms with E-state index in [1.807, 2.05) is 0 Å². The Morgan fingerprint density at radius 2 is 1.86 bits per heavy atom. The summed E-state index contributed by atoms with van der Waals surface area (Å²) in [4.78, 5) is 4.06. The molecule has 0 atom stereocenters. The van der Waals surface area contributed by atoms with E-state index in [1.54, 1.807) is 26.1 Å². The van der Waals surface area contributed by atoms with E-state index in [4.69, 9.17) is 0 Å². The Bertz CT molecular complexity index is 573. The largest absolute Gasteiger partial charge is 0.356 e. The van der Waals surface area contributed by atoms with E-state index in [9.17, 15) is 12.8 Å². The van der Waals surface area contributed by atoms with Gasteiger partial charge in [0, 0.05) is 26.7 Å². The van der Waals surface area contributed by atoms with Gasteiger partial charge in [0.25, 0.3) is 0 Å². The number of rotatable bonds is 8. The normalized spacial score (nSPS) is 12.2. The minimum absolute atomic E-state index is 0.0846. The van der Waals surface area contributed by atoms with Gasteiger partial charge in [-0.25, -0.2) is 17.5 Å². The molecule has 8 heteroatoms. The summed E-state index contributed by atoms with van der Waals surface area (Å²) < 4.78 is 37.8. The lowest BCUT2D eigenvalue weighted by Crippen LogP contribution is -2.38. The first-order valence-electron chi connectivity index (χ1n) is 7.13. The second kappa shape index (κ2) is 9.37. The van der Waals surface area contributed by atoms with Crippen molar-refractivity contribution < 1.29 is 12.8 Å². The third-order valence-corrected chi connectivity index (χ3v) is 4.35. The minimum Gasteiger partial charge on any atom is -0.356 e. The summed E-state index contributed by atoms with van der Waals surface area (Å²) in [5.41, 5.74) is 0.944. The van der Waals surface area contributed by atoms with Crippen molar-refractivity contribution in [1.82, 2.24) is 15.4 Å². The Morgan fingerprint density at radius 3 is 2.45 bits per heavy atom. The number of hydrogen-bond donors (Lipinski definition) is 3. The fourth-order valence-corrected chi connectivity index (χ4v) is 2.29. The smallest absolute Gasteiger partial charge is 0.211 e. The Labute approximate surface area is 131 Å². The third-order valence-electron chi connectivity index (χ3n) is 2.94. The monoisotopic (exact) mass is 330 g/mol. The molecule has 1 aromatic carbocycles. The predicted molar refractivity (Wildman–Crippen MR) is 86.7 cm³/mol. The highest BCUT2D eigenvalue weighted by Gasteiger charge is 2.04. The molecule has 0 aliphatic rings. The number of guanidine groups is 1. The Hall–Kier alpha value is -1.67. The number of nitrogens with zero attached hydrogens (tertiary/aromatic N) is 1. The Morgan fingerprint density at radius 1 is 1.18 bits per heavy atom. The van der Waals surface area contributed by atoms with Crippen LogP contribution in [0.2, 0.25) is 0 Å². The first-order valence-corrected chi connectivity index (χ1v) is 8.78. The fourth-order valence-electron chi connectivity index (χ4n) is 1.63. The van der Waals surface area contributed by atoms with Crippen LogP contribution in [0.5, 0.6) is 0 Å². The summed E-state index contributed by atoms with van der Waals surface area (Å²) in [5, 5.41) is 6.19. The highest BCUT2D eigenvalue weighted by atomic mass is 32.2. The van der Waals surface area contributed by atoms with Crippen molar-refractivity contribution in [2.45, 2.75) is 19.9 Å². The molecule has 0 saturated carbocycles. The molecular formula is C14H23FN4O2S. The average Bonchev–Trinajstić information content (AvgIpc) is 2.51. The first kappa shape index (κ1) is 18.4. The molecule has 1 aromatic rings. The van der Waals surface area contributed by atoms with Gasteiger partial charge in [-0.15, -0.1) is 0 Å². The molecule has 0 aliphatic carbocycles. The molecule has 6 nitrogen and oxygen atoms in total. The molecule has 0 aromatic heterocycles. The van der Waals surface area contributed by atoms with Crippen molar-refractivity contribution in [3.05, 3.63) is 35.6 Å². The summed E-state index contributed by atoms with van der Waals surface area (Å²) in [6.07, 6.45) is 0.649. The topological polar surface area (TPSA) is 82.6 Å². The van der Waals surface area contributed by atoms with Crippen LogP contribution < -0.4 is 15.4 Å². The molecule has 22 heavy (non-hydrogen) atoms. The van der Waals surface area contributed by atoms with Crippen LogP contribution in [0, 0.1) is 5.82 Å². The lowest BCUT2D eigenvalue weighted by Gasteiger charge is -2.12. The van der Waals surface area contributed by atoms with E-state index in [2.05, 4.69) is 20.3 Å². The van der Waals surface area contributed by atoms with Gasteiger partial charge in [-0.2, -0.15) is 0 Å². The first-order chi connectivity index (χ1) is 10.5. The van der Waals surface area contributed by atoms with Crippen molar-refractivity contribution in [1.29, 1.82) is 0 Å². The number of aliphatic imine (C=N–C) groups is 1. The Kier molecular flexibility index (Phi) is 7.83. The molecule has 3 N–H and O–H groups in total. The van der Waals surface area contributed by atoms with Gasteiger partial charge < -0.3 is 10.6 Å². The molecule has 1 rings (SSSR count). The summed E-state index contributed by atoms with van der Waals surface area (Å²) >= 11 is 0. The minimum atomic E-state index is -3.13. The van der Waals surface area contributed by atoms with Crippen LogP contribution in [0.4, 0.5) is 4.39 Å². The fraction of sp³-hybridized carbons (Fsp3) is 0.500. The maximum absolute atomic E-state index is 12.8. The number of halogens is 1. The predicted octanol–water partition coefficient (Wildman–Crippen LogP) is 0.820. The van der Waals surface area contributed by atoms with Crippen LogP contribution in [-0.4, -0.2) is 40.3 Å². The van der Waals surface area contributed by atoms with E-state index in [0.717, 1.165) is 5.56 Å². The number of sulfonamides is 1. The van der Waals surface area contributed by atoms with Gasteiger partial charge in [-0.3, -0.25) is 4.99 Å². The molecule has 124 valence electrons. The molecule has 0 amide bonds. The van der Waals surface area contributed by atoms with Crippen LogP contribution in [0.15, 0.2) is 29.3 Å². The quantitative estimate of drug-likeness (QED) is 0.374. The number of benzene rings is 1. The van der Waals surface area contributed by atoms with Crippen molar-refractivity contribution in [2.75, 3.05) is 25.9 Å². The lowest BCUT2D eigenvalue weighted by molar-refractivity contribution is 0.579. The van der Waals surface area contributed by atoms with Gasteiger partial charge in [0.05, 0.1) is 5.75 Å². The molecule has 0 saturated heterocycles. The molecule has 0 fully saturated rings. The zero-order valence-corrected chi connectivity index (χ0v) is 13.7. The van der Waals surface area contributed by atoms with Gasteiger partial charge in [0.15, 0.2) is 5.96 Å². The van der Waals surface area contributed by atoms with E-state index in [0.29, 0.717) is 32.0 Å². The van der Waals surface area contributed by atoms with Gasteiger partial charge in [-0.1, -0.05) is 12.1 Å². The molecule has 0 radical (unpaired) electrons. The molecule has 0 aliphatic heterocycles. The van der Waals surface area contributed by atoms with Gasteiger partial charge >= 0.3 is 0 Å². The zero-order chi connectivity index (χ0) is 16.4. The molecular weight excluding hydrogens is 307 g/mol. The summed E-state index contributed by atoms with van der Waals surface area (Å²) in [7, 11) is -1.48. The van der Waals surface area contributed by atoms with Crippen molar-refractivity contribution in [3.8, 4) is 0 Å². The highest BCUT2D eigenvalue weighted by molar-refractivity contribution is 7.89. The molecule has 0 heterocycles. The van der Waals surface area contributed by atoms with Gasteiger partial charge in [0.2, 0.25) is 10.0 Å². The number of nitrogens with one attached hydrogen (secondary N) is 3. The maximum atomic E-state index is 12.8. The van der Waals surface area contributed by atoms with Crippen LogP contribution in [0.3, 0.4) is 0 Å². The van der Waals surface area contributed by atoms with Crippen LogP contribution in [0.25, 0.3) is 0 Å². The molecule has 0 spiro atoms. The SMILES string of the molecule is CCS(=O)(=O)NCCCNC(=NC)NCc1ccc(F)cc1. The summed E-state index contributed by atoms with van der Waals surface area (Å²) in [6, 6.07) is 6.23. The third kappa shape index (κ3) is 7.37. The zero-order valence-electron chi connectivity index (χ0n) is 12.9. The van der Waals surface area contributed by atoms with Crippen molar-refractivity contribution >= 4 is 16.0 Å². The van der Waals surface area contributed by atoms with E-state index < -0.39 is 10.0 Å². The van der Waals surface area contributed by atoms with Crippen LogP contribution in [-0.2, 0) is 16.6 Å². The van der Waals surface area contributed by atoms with Crippen LogP contribution >= 0.6 is 0 Å². The second-order valence-electron chi connectivity index (χ2n) is 4.63. The van der Waals surface area contributed by atoms with Crippen molar-refractivity contribution in [3.63, 3.8) is 0 Å². The standard InChI is InChI=1S/C14H23FN4O2S/c1-3-22(20,21)19-10-4-9-17-14(16-2)18-11-12-5-7-13(15)8-6-12/h5-8,19H,3-4,9-11H2,1-2H3,(H2,16,17,18). The van der Waals surface area contributed by atoms with Crippen LogP contribution in [0.1, 0.15) is 18.9 Å². The number of hydrogen-bond acceptors (Lipinski definition) is 3. The summed E-state index contributed by atoms with van der Waals surface area (Å²) in [6.45, 7) is 3.11. The Balaban J connectivity index is 2.24. The molecule has 0 unspecified atom stereocenters. The summed E-state index contributed by atoms with van der Waals surface area (Å²) in [5.74, 6) is 0.435. The van der Waals surface area contributed by atoms with E-state index >= 15 is 0 Å². The van der Waals surface area contributed by atoms with E-state index in [-0.39, 0.29) is 11.6 Å². The average molecular weight is 330 g/mol.